The molecule has 1 nitrogen and oxygen atoms in total. The Morgan fingerprint density at radius 2 is 1.87 bits per heavy atom. The van der Waals surface area contributed by atoms with Crippen molar-refractivity contribution in [2.45, 2.75) is 46.1 Å². The SMILES string of the molecule is CC(C)(C)CCCC(O)c1cc[c]cc1. The maximum Gasteiger partial charge on any atom is 0.0790 e. The molecule has 1 heteroatoms. The standard InChI is InChI=1S/C14H21O/c1-14(2,3)11-7-10-13(15)12-8-5-4-6-9-12/h5-6,8-9,13,15H,7,10-11H2,1-3H3. The first-order chi connectivity index (χ1) is 6.99. The van der Waals surface area contributed by atoms with E-state index in [1.165, 1.54) is 0 Å². The van der Waals surface area contributed by atoms with Crippen molar-refractivity contribution in [1.29, 1.82) is 0 Å². The van der Waals surface area contributed by atoms with E-state index in [0.29, 0.717) is 5.41 Å². The first-order valence-electron chi connectivity index (χ1n) is 5.63. The molecule has 0 amide bonds. The second-order valence-electron chi connectivity index (χ2n) is 5.30. The molecular weight excluding hydrogens is 184 g/mol. The quantitative estimate of drug-likeness (QED) is 0.794. The van der Waals surface area contributed by atoms with Gasteiger partial charge in [0.2, 0.25) is 0 Å². The van der Waals surface area contributed by atoms with Crippen LogP contribution in [0.3, 0.4) is 0 Å². The van der Waals surface area contributed by atoms with Gasteiger partial charge in [-0.1, -0.05) is 51.5 Å². The maximum absolute atomic E-state index is 9.90. The highest BCUT2D eigenvalue weighted by molar-refractivity contribution is 5.16. The Labute approximate surface area is 93.1 Å². The zero-order valence-electron chi connectivity index (χ0n) is 9.96. The number of aliphatic hydroxyl groups is 1. The average molecular weight is 205 g/mol. The molecule has 1 rings (SSSR count). The molecule has 1 N–H and O–H groups in total. The number of benzene rings is 1. The lowest BCUT2D eigenvalue weighted by molar-refractivity contribution is 0.158. The van der Waals surface area contributed by atoms with Crippen LogP contribution in [0.25, 0.3) is 0 Å². The van der Waals surface area contributed by atoms with Gasteiger partial charge in [-0.15, -0.1) is 0 Å². The minimum atomic E-state index is -0.318. The Hall–Kier alpha value is -0.820. The highest BCUT2D eigenvalue weighted by atomic mass is 16.3. The third-order valence-corrected chi connectivity index (χ3v) is 2.53. The molecule has 1 unspecified atom stereocenters. The van der Waals surface area contributed by atoms with Crippen molar-refractivity contribution in [2.24, 2.45) is 5.41 Å². The molecule has 0 aliphatic carbocycles. The first-order valence-corrected chi connectivity index (χ1v) is 5.63. The van der Waals surface area contributed by atoms with Gasteiger partial charge in [0.1, 0.15) is 0 Å². The van der Waals surface area contributed by atoms with E-state index >= 15 is 0 Å². The highest BCUT2D eigenvalue weighted by Gasteiger charge is 2.12. The molecule has 83 valence electrons. The Bertz CT molecular complexity index is 271. The predicted molar refractivity (Wildman–Crippen MR) is 63.5 cm³/mol. The van der Waals surface area contributed by atoms with Gasteiger partial charge in [0.05, 0.1) is 6.10 Å². The van der Waals surface area contributed by atoms with Crippen molar-refractivity contribution in [2.75, 3.05) is 0 Å². The summed E-state index contributed by atoms with van der Waals surface area (Å²) in [5.74, 6) is 0. The molecule has 0 bridgehead atoms. The molecule has 0 aromatic heterocycles. The fourth-order valence-electron chi connectivity index (χ4n) is 1.61. The molecule has 0 saturated heterocycles. The van der Waals surface area contributed by atoms with E-state index < -0.39 is 0 Å². The molecule has 0 spiro atoms. The molecule has 0 fully saturated rings. The van der Waals surface area contributed by atoms with Crippen LogP contribution in [0, 0.1) is 11.5 Å². The van der Waals surface area contributed by atoms with Gasteiger partial charge in [-0.2, -0.15) is 0 Å². The molecule has 0 saturated carbocycles. The van der Waals surface area contributed by atoms with Gasteiger partial charge in [0.15, 0.2) is 0 Å². The van der Waals surface area contributed by atoms with Crippen molar-refractivity contribution in [3.8, 4) is 0 Å². The van der Waals surface area contributed by atoms with Gasteiger partial charge in [-0.3, -0.25) is 0 Å². The minimum Gasteiger partial charge on any atom is -0.388 e. The predicted octanol–water partition coefficient (Wildman–Crippen LogP) is 3.74. The third-order valence-electron chi connectivity index (χ3n) is 2.53. The summed E-state index contributed by atoms with van der Waals surface area (Å²) in [6, 6.07) is 10.5. The second kappa shape index (κ2) is 5.32. The first kappa shape index (κ1) is 12.3. The van der Waals surface area contributed by atoms with Crippen LogP contribution in [0.5, 0.6) is 0 Å². The van der Waals surface area contributed by atoms with Gasteiger partial charge < -0.3 is 5.11 Å². The van der Waals surface area contributed by atoms with Crippen molar-refractivity contribution in [3.63, 3.8) is 0 Å². The van der Waals surface area contributed by atoms with Crippen LogP contribution in [-0.4, -0.2) is 5.11 Å². The Morgan fingerprint density at radius 3 is 2.40 bits per heavy atom. The van der Waals surface area contributed by atoms with Crippen LogP contribution < -0.4 is 0 Å². The topological polar surface area (TPSA) is 20.2 Å². The normalized spacial score (nSPS) is 13.9. The van der Waals surface area contributed by atoms with Crippen molar-refractivity contribution in [3.05, 3.63) is 35.9 Å². The van der Waals surface area contributed by atoms with Gasteiger partial charge in [-0.05, 0) is 29.9 Å². The lowest BCUT2D eigenvalue weighted by Gasteiger charge is -2.19. The van der Waals surface area contributed by atoms with Crippen LogP contribution >= 0.6 is 0 Å². The molecule has 0 aliphatic heterocycles. The van der Waals surface area contributed by atoms with E-state index in [2.05, 4.69) is 26.8 Å². The van der Waals surface area contributed by atoms with E-state index in [1.807, 2.05) is 24.3 Å². The number of hydrogen-bond acceptors (Lipinski definition) is 1. The summed E-state index contributed by atoms with van der Waals surface area (Å²) >= 11 is 0. The van der Waals surface area contributed by atoms with Crippen LogP contribution in [0.2, 0.25) is 0 Å². The molecule has 1 radical (unpaired) electrons. The molecule has 1 atom stereocenters. The van der Waals surface area contributed by atoms with E-state index in [-0.39, 0.29) is 6.10 Å². The van der Waals surface area contributed by atoms with Crippen LogP contribution in [0.4, 0.5) is 0 Å². The molecule has 0 aliphatic rings. The van der Waals surface area contributed by atoms with Crippen molar-refractivity contribution in [1.82, 2.24) is 0 Å². The summed E-state index contributed by atoms with van der Waals surface area (Å²) in [5, 5.41) is 9.90. The van der Waals surface area contributed by atoms with E-state index in [9.17, 15) is 5.11 Å². The highest BCUT2D eigenvalue weighted by Crippen LogP contribution is 2.25. The molecule has 15 heavy (non-hydrogen) atoms. The largest absolute Gasteiger partial charge is 0.388 e. The van der Waals surface area contributed by atoms with E-state index in [0.717, 1.165) is 24.8 Å². The Morgan fingerprint density at radius 1 is 1.27 bits per heavy atom. The number of aliphatic hydroxyl groups excluding tert-OH is 1. The van der Waals surface area contributed by atoms with Gasteiger partial charge in [0, 0.05) is 0 Å². The summed E-state index contributed by atoms with van der Waals surface area (Å²) in [6.07, 6.45) is 2.76. The molecule has 1 aromatic carbocycles. The molecular formula is C14H21O. The zero-order chi connectivity index (χ0) is 11.3. The van der Waals surface area contributed by atoms with Crippen molar-refractivity contribution < 1.29 is 5.11 Å². The second-order valence-corrected chi connectivity index (χ2v) is 5.30. The van der Waals surface area contributed by atoms with Gasteiger partial charge in [0.25, 0.3) is 0 Å². The molecule has 1 aromatic rings. The zero-order valence-corrected chi connectivity index (χ0v) is 9.96. The summed E-state index contributed by atoms with van der Waals surface area (Å²) in [4.78, 5) is 0. The van der Waals surface area contributed by atoms with Gasteiger partial charge >= 0.3 is 0 Å². The van der Waals surface area contributed by atoms with E-state index in [4.69, 9.17) is 0 Å². The van der Waals surface area contributed by atoms with Crippen LogP contribution in [0.1, 0.15) is 51.7 Å². The summed E-state index contributed by atoms with van der Waals surface area (Å²) < 4.78 is 0. The fourth-order valence-corrected chi connectivity index (χ4v) is 1.61. The van der Waals surface area contributed by atoms with Crippen molar-refractivity contribution >= 4 is 0 Å². The number of hydrogen-bond donors (Lipinski definition) is 1. The monoisotopic (exact) mass is 205 g/mol. The Balaban J connectivity index is 2.34. The summed E-state index contributed by atoms with van der Waals surface area (Å²) in [6.45, 7) is 6.70. The van der Waals surface area contributed by atoms with Crippen LogP contribution in [-0.2, 0) is 0 Å². The lowest BCUT2D eigenvalue weighted by Crippen LogP contribution is -2.06. The van der Waals surface area contributed by atoms with Gasteiger partial charge in [-0.25, -0.2) is 0 Å². The minimum absolute atomic E-state index is 0.318. The molecule has 0 heterocycles. The summed E-state index contributed by atoms with van der Waals surface area (Å²) in [7, 11) is 0. The Kier molecular flexibility index (Phi) is 4.34. The lowest BCUT2D eigenvalue weighted by atomic mass is 9.88. The smallest absolute Gasteiger partial charge is 0.0790 e. The van der Waals surface area contributed by atoms with E-state index in [1.54, 1.807) is 0 Å². The number of rotatable bonds is 4. The summed E-state index contributed by atoms with van der Waals surface area (Å²) in [5.41, 5.74) is 1.37. The fraction of sp³-hybridized carbons (Fsp3) is 0.571. The third kappa shape index (κ3) is 4.98. The average Bonchev–Trinajstić information content (AvgIpc) is 2.17. The maximum atomic E-state index is 9.90. The van der Waals surface area contributed by atoms with Crippen LogP contribution in [0.15, 0.2) is 24.3 Å².